The van der Waals surface area contributed by atoms with E-state index in [1.165, 1.54) is 12.8 Å². The molecule has 0 radical (unpaired) electrons. The zero-order chi connectivity index (χ0) is 12.1. The molecule has 0 bridgehead atoms. The number of amides is 2. The van der Waals surface area contributed by atoms with Crippen molar-refractivity contribution in [3.8, 4) is 0 Å². The zero-order valence-electron chi connectivity index (χ0n) is 10.8. The second-order valence-corrected chi connectivity index (χ2v) is 5.22. The fourth-order valence-electron chi connectivity index (χ4n) is 2.82. The van der Waals surface area contributed by atoms with E-state index >= 15 is 0 Å². The second kappa shape index (κ2) is 6.24. The third-order valence-electron chi connectivity index (χ3n) is 3.94. The van der Waals surface area contributed by atoms with Crippen molar-refractivity contribution in [3.63, 3.8) is 0 Å². The number of carbonyl (C=O) groups is 1. The van der Waals surface area contributed by atoms with E-state index in [1.54, 1.807) is 7.11 Å². The molecule has 0 aromatic heterocycles. The normalized spacial score (nSPS) is 30.1. The van der Waals surface area contributed by atoms with Gasteiger partial charge >= 0.3 is 6.03 Å². The molecule has 0 spiro atoms. The van der Waals surface area contributed by atoms with Crippen molar-refractivity contribution in [2.45, 2.75) is 57.1 Å². The summed E-state index contributed by atoms with van der Waals surface area (Å²) >= 11 is 0. The highest BCUT2D eigenvalue weighted by Gasteiger charge is 2.27. The molecule has 4 nitrogen and oxygen atoms in total. The standard InChI is InChI=1S/C13H24N2O2/c1-17-12-7-6-11(10-12)14-13(16)15-8-4-2-3-5-9-15/h11-12H,2-10H2,1H3,(H,14,16). The summed E-state index contributed by atoms with van der Waals surface area (Å²) in [6, 6.07) is 0.448. The summed E-state index contributed by atoms with van der Waals surface area (Å²) in [5.74, 6) is 0. The molecule has 1 N–H and O–H groups in total. The van der Waals surface area contributed by atoms with Gasteiger partial charge in [-0.1, -0.05) is 12.8 Å². The molecule has 1 saturated heterocycles. The number of carbonyl (C=O) groups excluding carboxylic acids is 1. The number of rotatable bonds is 2. The number of ether oxygens (including phenoxy) is 1. The van der Waals surface area contributed by atoms with Crippen LogP contribution in [0, 0.1) is 0 Å². The van der Waals surface area contributed by atoms with Crippen molar-refractivity contribution in [1.82, 2.24) is 10.2 Å². The van der Waals surface area contributed by atoms with Crippen molar-refractivity contribution in [2.24, 2.45) is 0 Å². The largest absolute Gasteiger partial charge is 0.381 e. The SMILES string of the molecule is COC1CCC(NC(=O)N2CCCCCC2)C1. The van der Waals surface area contributed by atoms with Gasteiger partial charge in [0, 0.05) is 26.2 Å². The summed E-state index contributed by atoms with van der Waals surface area (Å²) in [4.78, 5) is 14.1. The van der Waals surface area contributed by atoms with Crippen LogP contribution in [0.4, 0.5) is 4.79 Å². The number of hydrogen-bond donors (Lipinski definition) is 1. The van der Waals surface area contributed by atoms with E-state index in [2.05, 4.69) is 5.32 Å². The van der Waals surface area contributed by atoms with Crippen LogP contribution < -0.4 is 5.32 Å². The molecule has 2 rings (SSSR count). The first-order valence-electron chi connectivity index (χ1n) is 6.88. The topological polar surface area (TPSA) is 41.6 Å². The van der Waals surface area contributed by atoms with Gasteiger partial charge in [0.05, 0.1) is 6.10 Å². The minimum absolute atomic E-state index is 0.133. The van der Waals surface area contributed by atoms with Gasteiger partial charge in [0.25, 0.3) is 0 Å². The first kappa shape index (κ1) is 12.7. The lowest BCUT2D eigenvalue weighted by molar-refractivity contribution is 0.107. The molecule has 17 heavy (non-hydrogen) atoms. The first-order valence-corrected chi connectivity index (χ1v) is 6.88. The second-order valence-electron chi connectivity index (χ2n) is 5.22. The van der Waals surface area contributed by atoms with Crippen molar-refractivity contribution in [3.05, 3.63) is 0 Å². The van der Waals surface area contributed by atoms with E-state index in [-0.39, 0.29) is 6.03 Å². The molecule has 2 amide bonds. The average Bonchev–Trinajstić information content (AvgIpc) is 2.62. The smallest absolute Gasteiger partial charge is 0.317 e. The minimum atomic E-state index is 0.133. The van der Waals surface area contributed by atoms with Gasteiger partial charge in [-0.3, -0.25) is 0 Å². The van der Waals surface area contributed by atoms with Gasteiger partial charge in [-0.05, 0) is 32.1 Å². The predicted molar refractivity (Wildman–Crippen MR) is 67.0 cm³/mol. The Morgan fingerprint density at radius 1 is 1.18 bits per heavy atom. The molecule has 2 unspecified atom stereocenters. The van der Waals surface area contributed by atoms with Crippen LogP contribution in [0.1, 0.15) is 44.9 Å². The molecule has 1 aliphatic heterocycles. The molecule has 4 heteroatoms. The number of likely N-dealkylation sites (tertiary alicyclic amines) is 1. The van der Waals surface area contributed by atoms with Gasteiger partial charge in [0.2, 0.25) is 0 Å². The molecule has 1 heterocycles. The summed E-state index contributed by atoms with van der Waals surface area (Å²) in [6.07, 6.45) is 8.26. The van der Waals surface area contributed by atoms with Crippen LogP contribution in [0.3, 0.4) is 0 Å². The van der Waals surface area contributed by atoms with Crippen molar-refractivity contribution < 1.29 is 9.53 Å². The van der Waals surface area contributed by atoms with Gasteiger partial charge in [-0.25, -0.2) is 4.79 Å². The third kappa shape index (κ3) is 3.60. The third-order valence-corrected chi connectivity index (χ3v) is 3.94. The Kier molecular flexibility index (Phi) is 4.66. The lowest BCUT2D eigenvalue weighted by atomic mass is 10.2. The highest BCUT2D eigenvalue weighted by atomic mass is 16.5. The molecule has 98 valence electrons. The summed E-state index contributed by atoms with van der Waals surface area (Å²) in [5.41, 5.74) is 0. The zero-order valence-corrected chi connectivity index (χ0v) is 10.8. The quantitative estimate of drug-likeness (QED) is 0.803. The van der Waals surface area contributed by atoms with E-state index in [0.717, 1.165) is 45.2 Å². The number of hydrogen-bond acceptors (Lipinski definition) is 2. The molecule has 2 aliphatic rings. The summed E-state index contributed by atoms with van der Waals surface area (Å²) in [6.45, 7) is 1.85. The summed E-state index contributed by atoms with van der Waals surface area (Å²) < 4.78 is 5.32. The number of methoxy groups -OCH3 is 1. The van der Waals surface area contributed by atoms with E-state index in [0.29, 0.717) is 12.1 Å². The maximum Gasteiger partial charge on any atom is 0.317 e. The van der Waals surface area contributed by atoms with E-state index in [4.69, 9.17) is 4.74 Å². The molecule has 1 aliphatic carbocycles. The highest BCUT2D eigenvalue weighted by Crippen LogP contribution is 2.21. The highest BCUT2D eigenvalue weighted by molar-refractivity contribution is 5.74. The lowest BCUT2D eigenvalue weighted by Gasteiger charge is -2.23. The molecule has 0 aromatic rings. The molecule has 0 aromatic carbocycles. The van der Waals surface area contributed by atoms with E-state index in [1.807, 2.05) is 4.90 Å². The average molecular weight is 240 g/mol. The predicted octanol–water partition coefficient (Wildman–Crippen LogP) is 2.14. The van der Waals surface area contributed by atoms with Gasteiger partial charge in [-0.2, -0.15) is 0 Å². The van der Waals surface area contributed by atoms with Crippen LogP contribution in [0.25, 0.3) is 0 Å². The first-order chi connectivity index (χ1) is 8.29. The Morgan fingerprint density at radius 2 is 1.88 bits per heavy atom. The van der Waals surface area contributed by atoms with E-state index < -0.39 is 0 Å². The Balaban J connectivity index is 1.76. The van der Waals surface area contributed by atoms with Crippen molar-refractivity contribution in [1.29, 1.82) is 0 Å². The maximum atomic E-state index is 12.1. The van der Waals surface area contributed by atoms with Crippen LogP contribution in [-0.4, -0.2) is 43.3 Å². The molecular weight excluding hydrogens is 216 g/mol. The summed E-state index contributed by atoms with van der Waals surface area (Å²) in [7, 11) is 1.75. The van der Waals surface area contributed by atoms with Gasteiger partial charge < -0.3 is 15.0 Å². The Morgan fingerprint density at radius 3 is 2.47 bits per heavy atom. The maximum absolute atomic E-state index is 12.1. The molecular formula is C13H24N2O2. The monoisotopic (exact) mass is 240 g/mol. The molecule has 2 fully saturated rings. The van der Waals surface area contributed by atoms with Crippen LogP contribution in [0.15, 0.2) is 0 Å². The van der Waals surface area contributed by atoms with Crippen LogP contribution in [-0.2, 0) is 4.74 Å². The van der Waals surface area contributed by atoms with Crippen LogP contribution in [0.2, 0.25) is 0 Å². The molecule has 2 atom stereocenters. The Bertz CT molecular complexity index is 250. The number of nitrogens with one attached hydrogen (secondary N) is 1. The van der Waals surface area contributed by atoms with Gasteiger partial charge in [0.1, 0.15) is 0 Å². The minimum Gasteiger partial charge on any atom is -0.381 e. The van der Waals surface area contributed by atoms with Gasteiger partial charge in [-0.15, -0.1) is 0 Å². The lowest BCUT2D eigenvalue weighted by Crippen LogP contribution is -2.44. The Hall–Kier alpha value is -0.770. The molecule has 1 saturated carbocycles. The number of nitrogens with zero attached hydrogens (tertiary/aromatic N) is 1. The van der Waals surface area contributed by atoms with E-state index in [9.17, 15) is 4.79 Å². The fraction of sp³-hybridized carbons (Fsp3) is 0.923. The number of urea groups is 1. The Labute approximate surface area is 104 Å². The van der Waals surface area contributed by atoms with Crippen molar-refractivity contribution >= 4 is 6.03 Å². The summed E-state index contributed by atoms with van der Waals surface area (Å²) in [5, 5.41) is 3.15. The fourth-order valence-corrected chi connectivity index (χ4v) is 2.82. The van der Waals surface area contributed by atoms with Crippen LogP contribution >= 0.6 is 0 Å². The van der Waals surface area contributed by atoms with Crippen LogP contribution in [0.5, 0.6) is 0 Å². The van der Waals surface area contributed by atoms with Gasteiger partial charge in [0.15, 0.2) is 0 Å². The van der Waals surface area contributed by atoms with Crippen molar-refractivity contribution in [2.75, 3.05) is 20.2 Å².